The monoisotopic (exact) mass is 865 g/mol. The second kappa shape index (κ2) is 15.6. The number of aryl methyl sites for hydroxylation is 2. The first-order valence-corrected chi connectivity index (χ1v) is 26.7. The zero-order valence-corrected chi connectivity index (χ0v) is 41.4. The van der Waals surface area contributed by atoms with Gasteiger partial charge in [0.05, 0.1) is 44.3 Å². The molecular weight excluding hydrogens is 789 g/mol. The number of carbonyl (C=O) groups is 2. The summed E-state index contributed by atoms with van der Waals surface area (Å²) >= 11 is 0. The minimum Gasteiger partial charge on any atom is -0.546 e. The highest BCUT2D eigenvalue weighted by Crippen LogP contribution is 2.61. The molecule has 2 saturated carbocycles. The molecule has 62 heavy (non-hydrogen) atoms. The van der Waals surface area contributed by atoms with Gasteiger partial charge >= 0.3 is 11.9 Å². The standard InChI is InChI=1S/C54H76O7Si/c1-49(2,3)62(12,13)61-42-30-41-46(48(56)60-33-52(7)25-15-27-54(9)40-29-37(58-11)21-17-35(40)19-23-44(52)54)45(38(42)31-50(41,4)5)47(55)59-32-51(6)24-14-26-53(8)39-28-36(57-10)20-16-34(39)18-22-43(51)53/h16-17,20-21,28-30,38,41,43-44H,14-15,18-19,22-27,31-33H2,1-13H3/t38?,41?,43?,44?,51-,52-,53-,54-/m1/s1. The van der Waals surface area contributed by atoms with Crippen LogP contribution >= 0.6 is 0 Å². The highest BCUT2D eigenvalue weighted by Gasteiger charge is 2.57. The Hall–Kier alpha value is -3.52. The van der Waals surface area contributed by atoms with Crippen LogP contribution in [0.5, 0.6) is 11.5 Å². The lowest BCUT2D eigenvalue weighted by atomic mass is 9.50. The minimum atomic E-state index is -2.29. The van der Waals surface area contributed by atoms with Crippen molar-refractivity contribution in [1.29, 1.82) is 0 Å². The fraction of sp³-hybridized carbons (Fsp3) is 0.667. The first kappa shape index (κ1) is 45.1. The molecule has 7 aliphatic carbocycles. The summed E-state index contributed by atoms with van der Waals surface area (Å²) in [5.74, 6) is 1.84. The third-order valence-electron chi connectivity index (χ3n) is 18.3. The van der Waals surface area contributed by atoms with Crippen LogP contribution in [0.15, 0.2) is 59.4 Å². The molecule has 7 nitrogen and oxygen atoms in total. The van der Waals surface area contributed by atoms with E-state index in [1.807, 2.05) is 0 Å². The molecule has 0 N–H and O–H groups in total. The van der Waals surface area contributed by atoms with Crippen molar-refractivity contribution >= 4 is 20.3 Å². The topological polar surface area (TPSA) is 80.3 Å². The van der Waals surface area contributed by atoms with Gasteiger partial charge in [-0.1, -0.05) is 87.3 Å². The molecule has 2 fully saturated rings. The Bertz CT molecular complexity index is 2180. The van der Waals surface area contributed by atoms with E-state index in [1.54, 1.807) is 14.2 Å². The number of carbonyl (C=O) groups excluding carboxylic acids is 2. The molecule has 0 aliphatic heterocycles. The molecule has 0 spiro atoms. The van der Waals surface area contributed by atoms with E-state index in [0.717, 1.165) is 81.5 Å². The summed E-state index contributed by atoms with van der Waals surface area (Å²) in [5.41, 5.74) is 5.71. The maximum atomic E-state index is 15.1. The summed E-state index contributed by atoms with van der Waals surface area (Å²) in [5, 5.41) is -0.0360. The van der Waals surface area contributed by atoms with Gasteiger partial charge in [0.25, 0.3) is 0 Å². The molecule has 2 bridgehead atoms. The van der Waals surface area contributed by atoms with Gasteiger partial charge in [0.1, 0.15) is 11.5 Å². The van der Waals surface area contributed by atoms with Crippen LogP contribution in [0.2, 0.25) is 18.1 Å². The van der Waals surface area contributed by atoms with Crippen molar-refractivity contribution in [3.63, 3.8) is 0 Å². The van der Waals surface area contributed by atoms with E-state index in [2.05, 4.69) is 118 Å². The zero-order valence-electron chi connectivity index (χ0n) is 40.4. The van der Waals surface area contributed by atoms with E-state index < -0.39 is 8.32 Å². The number of benzene rings is 2. The Labute approximate surface area is 374 Å². The van der Waals surface area contributed by atoms with Crippen molar-refractivity contribution in [3.8, 4) is 11.5 Å². The smallest absolute Gasteiger partial charge is 0.335 e. The molecule has 338 valence electrons. The van der Waals surface area contributed by atoms with E-state index in [9.17, 15) is 0 Å². The SMILES string of the molecule is COc1ccc2c(c1)[C@@]1(C)CCC[C@](C)(COC(=O)C3=C(C(=O)OC[C@@]4(C)CCC[C@]5(C)c6cc(OC)ccc6CCC45)C4C=C(O[Si](C)(C)C(C)(C)C)C3CC4(C)C)C1CC2. The van der Waals surface area contributed by atoms with Crippen LogP contribution in [-0.4, -0.2) is 47.7 Å². The quantitative estimate of drug-likeness (QED) is 0.174. The summed E-state index contributed by atoms with van der Waals surface area (Å²) in [6, 6.07) is 13.1. The normalized spacial score (nSPS) is 33.5. The number of esters is 2. The van der Waals surface area contributed by atoms with E-state index in [0.29, 0.717) is 42.6 Å². The number of ether oxygens (including phenoxy) is 4. The highest BCUT2D eigenvalue weighted by atomic mass is 28.4. The Balaban J connectivity index is 1.10. The number of hydrogen-bond acceptors (Lipinski definition) is 7. The van der Waals surface area contributed by atoms with Gasteiger partial charge in [-0.05, 0) is 157 Å². The third kappa shape index (κ3) is 7.38. The molecular formula is C54H76O7Si. The molecule has 0 heterocycles. The number of methoxy groups -OCH3 is 2. The molecule has 7 aliphatic rings. The number of hydrogen-bond donors (Lipinski definition) is 0. The molecule has 2 aromatic rings. The van der Waals surface area contributed by atoms with Gasteiger partial charge in [0, 0.05) is 22.7 Å². The van der Waals surface area contributed by atoms with Crippen LogP contribution in [0.3, 0.4) is 0 Å². The molecule has 4 unspecified atom stereocenters. The molecule has 2 aromatic carbocycles. The van der Waals surface area contributed by atoms with Crippen LogP contribution in [-0.2, 0) is 47.2 Å². The number of allylic oxidation sites excluding steroid dienone is 2. The molecule has 9 rings (SSSR count). The minimum absolute atomic E-state index is 0.0360. The van der Waals surface area contributed by atoms with Crippen molar-refractivity contribution in [2.45, 2.75) is 162 Å². The first-order valence-electron chi connectivity index (χ1n) is 23.8. The molecule has 0 radical (unpaired) electrons. The van der Waals surface area contributed by atoms with Crippen LogP contribution in [0.1, 0.15) is 142 Å². The van der Waals surface area contributed by atoms with E-state index in [4.69, 9.17) is 23.4 Å². The van der Waals surface area contributed by atoms with E-state index in [1.165, 1.54) is 22.3 Å². The fourth-order valence-corrected chi connectivity index (χ4v) is 14.8. The number of fused-ring (bicyclic) bond motifs is 7. The Kier molecular flexibility index (Phi) is 11.3. The Morgan fingerprint density at radius 1 is 0.694 bits per heavy atom. The van der Waals surface area contributed by atoms with Crippen molar-refractivity contribution in [2.75, 3.05) is 27.4 Å². The molecule has 0 amide bonds. The summed E-state index contributed by atoms with van der Waals surface area (Å²) in [7, 11) is 1.19. The summed E-state index contributed by atoms with van der Waals surface area (Å²) in [6.07, 6.45) is 13.3. The van der Waals surface area contributed by atoms with Crippen molar-refractivity contribution < 1.29 is 33.0 Å². The lowest BCUT2D eigenvalue weighted by Crippen LogP contribution is -2.52. The van der Waals surface area contributed by atoms with Gasteiger partial charge in [-0.3, -0.25) is 0 Å². The maximum Gasteiger partial charge on any atom is 0.335 e. The van der Waals surface area contributed by atoms with Crippen molar-refractivity contribution in [1.82, 2.24) is 0 Å². The number of rotatable bonds is 10. The average Bonchev–Trinajstić information content (AvgIpc) is 3.21. The van der Waals surface area contributed by atoms with Crippen LogP contribution in [0, 0.1) is 39.9 Å². The molecule has 0 aromatic heterocycles. The van der Waals surface area contributed by atoms with Gasteiger partial charge < -0.3 is 23.4 Å². The lowest BCUT2D eigenvalue weighted by Gasteiger charge is -2.55. The predicted molar refractivity (Wildman–Crippen MR) is 249 cm³/mol. The average molecular weight is 865 g/mol. The molecule has 8 atom stereocenters. The highest BCUT2D eigenvalue weighted by molar-refractivity contribution is 6.74. The predicted octanol–water partition coefficient (Wildman–Crippen LogP) is 12.4. The summed E-state index contributed by atoms with van der Waals surface area (Å²) in [6.45, 7) is 25.8. The summed E-state index contributed by atoms with van der Waals surface area (Å²) < 4.78 is 31.8. The van der Waals surface area contributed by atoms with Gasteiger partial charge in [0.2, 0.25) is 8.32 Å². The van der Waals surface area contributed by atoms with Crippen LogP contribution in [0.25, 0.3) is 0 Å². The van der Waals surface area contributed by atoms with Crippen molar-refractivity contribution in [3.05, 3.63) is 81.6 Å². The molecule has 8 heteroatoms. The van der Waals surface area contributed by atoms with E-state index in [-0.39, 0.29) is 55.9 Å². The largest absolute Gasteiger partial charge is 0.546 e. The second-order valence-electron chi connectivity index (χ2n) is 23.7. The van der Waals surface area contributed by atoms with Gasteiger partial charge in [0.15, 0.2) is 0 Å². The van der Waals surface area contributed by atoms with Gasteiger partial charge in [-0.15, -0.1) is 0 Å². The third-order valence-corrected chi connectivity index (χ3v) is 22.6. The zero-order chi connectivity index (χ0) is 44.8. The lowest BCUT2D eigenvalue weighted by molar-refractivity contribution is -0.152. The van der Waals surface area contributed by atoms with Gasteiger partial charge in [-0.2, -0.15) is 0 Å². The second-order valence-corrected chi connectivity index (χ2v) is 28.4. The summed E-state index contributed by atoms with van der Waals surface area (Å²) in [4.78, 5) is 30.2. The first-order chi connectivity index (χ1) is 29.0. The fourth-order valence-electron chi connectivity index (χ4n) is 13.7. The van der Waals surface area contributed by atoms with Crippen LogP contribution in [0.4, 0.5) is 0 Å². The van der Waals surface area contributed by atoms with E-state index >= 15 is 9.59 Å². The Morgan fingerprint density at radius 2 is 1.16 bits per heavy atom. The van der Waals surface area contributed by atoms with Crippen molar-refractivity contribution in [2.24, 2.45) is 39.9 Å². The Morgan fingerprint density at radius 3 is 1.61 bits per heavy atom. The van der Waals surface area contributed by atoms with Crippen LogP contribution < -0.4 is 9.47 Å². The molecule has 0 saturated heterocycles. The maximum absolute atomic E-state index is 15.1. The van der Waals surface area contributed by atoms with Gasteiger partial charge in [-0.25, -0.2) is 9.59 Å².